The quantitative estimate of drug-likeness (QED) is 0.451. The molecule has 4 rings (SSSR count). The Balaban J connectivity index is 1.50. The van der Waals surface area contributed by atoms with E-state index < -0.39 is 17.9 Å². The van der Waals surface area contributed by atoms with Crippen molar-refractivity contribution < 1.29 is 23.5 Å². The van der Waals surface area contributed by atoms with Gasteiger partial charge in [0.2, 0.25) is 0 Å². The number of hydrogen-bond donors (Lipinski definition) is 0. The molecule has 27 heavy (non-hydrogen) atoms. The second-order valence-electron chi connectivity index (χ2n) is 8.09. The molecule has 0 bridgehead atoms. The highest BCUT2D eigenvalue weighted by molar-refractivity contribution is 5.91. The van der Waals surface area contributed by atoms with E-state index in [-0.39, 0.29) is 35.0 Å². The Morgan fingerprint density at radius 1 is 1.41 bits per heavy atom. The fourth-order valence-corrected chi connectivity index (χ4v) is 4.86. The van der Waals surface area contributed by atoms with Crippen molar-refractivity contribution >= 4 is 11.9 Å². The van der Waals surface area contributed by atoms with Gasteiger partial charge < -0.3 is 9.47 Å². The monoisotopic (exact) mass is 371 g/mol. The lowest BCUT2D eigenvalue weighted by Gasteiger charge is -2.51. The van der Waals surface area contributed by atoms with E-state index in [2.05, 4.69) is 25.1 Å². The molecule has 1 saturated heterocycles. The second kappa shape index (κ2) is 6.29. The van der Waals surface area contributed by atoms with Crippen LogP contribution >= 0.6 is 0 Å². The van der Waals surface area contributed by atoms with Gasteiger partial charge in [0.05, 0.1) is 6.20 Å². The van der Waals surface area contributed by atoms with Crippen molar-refractivity contribution in [2.45, 2.75) is 44.8 Å². The molecule has 0 amide bonds. The van der Waals surface area contributed by atoms with Crippen LogP contribution in [0.1, 0.15) is 43.1 Å². The summed E-state index contributed by atoms with van der Waals surface area (Å²) in [5, 5.41) is 0. The van der Waals surface area contributed by atoms with E-state index in [1.807, 2.05) is 0 Å². The molecule has 6 heteroatoms. The van der Waals surface area contributed by atoms with Crippen molar-refractivity contribution in [1.82, 2.24) is 4.98 Å². The van der Waals surface area contributed by atoms with Crippen LogP contribution in [0.3, 0.4) is 0 Å². The Bertz CT molecular complexity index is 833. The van der Waals surface area contributed by atoms with E-state index in [1.54, 1.807) is 0 Å². The number of fused-ring (bicyclic) bond motifs is 2. The highest BCUT2D eigenvalue weighted by Crippen LogP contribution is 2.57. The Morgan fingerprint density at radius 3 is 2.89 bits per heavy atom. The molecule has 5 atom stereocenters. The third kappa shape index (κ3) is 2.97. The molecule has 142 valence electrons. The van der Waals surface area contributed by atoms with E-state index in [1.165, 1.54) is 12.1 Å². The van der Waals surface area contributed by atoms with Gasteiger partial charge >= 0.3 is 11.9 Å². The van der Waals surface area contributed by atoms with Crippen molar-refractivity contribution in [2.75, 3.05) is 0 Å². The van der Waals surface area contributed by atoms with Gasteiger partial charge in [-0.3, -0.25) is 0 Å². The van der Waals surface area contributed by atoms with E-state index in [0.29, 0.717) is 12.0 Å². The van der Waals surface area contributed by atoms with Crippen molar-refractivity contribution in [3.63, 3.8) is 0 Å². The number of halogens is 1. The van der Waals surface area contributed by atoms with Crippen LogP contribution < -0.4 is 0 Å². The first-order valence-corrected chi connectivity index (χ1v) is 9.19. The van der Waals surface area contributed by atoms with Gasteiger partial charge in [-0.15, -0.1) is 0 Å². The Kier molecular flexibility index (Phi) is 4.17. The summed E-state index contributed by atoms with van der Waals surface area (Å²) in [6, 6.07) is 2.49. The maximum absolute atomic E-state index is 13.0. The molecule has 0 N–H and O–H groups in total. The van der Waals surface area contributed by atoms with Crippen LogP contribution in [0.2, 0.25) is 0 Å². The highest BCUT2D eigenvalue weighted by Gasteiger charge is 2.54. The summed E-state index contributed by atoms with van der Waals surface area (Å²) in [5.74, 6) is -1.27. The van der Waals surface area contributed by atoms with E-state index in [4.69, 9.17) is 9.47 Å². The molecule has 3 aliphatic rings. The number of carbonyl (C=O) groups is 2. The summed E-state index contributed by atoms with van der Waals surface area (Å²) < 4.78 is 24.1. The largest absolute Gasteiger partial charge is 0.458 e. The summed E-state index contributed by atoms with van der Waals surface area (Å²) in [6.07, 6.45) is 3.48. The van der Waals surface area contributed by atoms with Crippen LogP contribution in [-0.4, -0.2) is 29.1 Å². The van der Waals surface area contributed by atoms with Crippen LogP contribution in [0.4, 0.5) is 4.39 Å². The van der Waals surface area contributed by atoms with Crippen LogP contribution in [0, 0.1) is 23.1 Å². The van der Waals surface area contributed by atoms with Gasteiger partial charge in [-0.05, 0) is 54.7 Å². The molecule has 0 spiro atoms. The molecule has 1 aromatic heterocycles. The summed E-state index contributed by atoms with van der Waals surface area (Å²) in [7, 11) is 0. The number of hydrogen-bond acceptors (Lipinski definition) is 5. The zero-order valence-corrected chi connectivity index (χ0v) is 15.2. The van der Waals surface area contributed by atoms with Crippen molar-refractivity contribution in [3.8, 4) is 0 Å². The standard InChI is InChI=1S/C21H22FNO4/c1-11-14-8-15-12(2)17(26-20(25)16-5-4-13(22)10-23-16)6-7-21(15,3)9-18(14)27-19(11)24/h4-5,10,14-15,17-18H,1-2,6-9H2,3H3/t14-,15+,17-,18-,21-/m1/s1. The molecule has 0 unspecified atom stereocenters. The Morgan fingerprint density at radius 2 is 2.19 bits per heavy atom. The fourth-order valence-electron chi connectivity index (χ4n) is 4.86. The van der Waals surface area contributed by atoms with Gasteiger partial charge in [0.15, 0.2) is 0 Å². The maximum atomic E-state index is 13.0. The lowest BCUT2D eigenvalue weighted by atomic mass is 9.55. The summed E-state index contributed by atoms with van der Waals surface area (Å²) in [4.78, 5) is 28.0. The number of nitrogens with zero attached hydrogens (tertiary/aromatic N) is 1. The normalized spacial score (nSPS) is 35.3. The number of carbonyl (C=O) groups excluding carboxylic acids is 2. The lowest BCUT2D eigenvalue weighted by Crippen LogP contribution is -2.47. The topological polar surface area (TPSA) is 65.5 Å². The van der Waals surface area contributed by atoms with E-state index in [0.717, 1.165) is 31.0 Å². The molecule has 2 aliphatic carbocycles. The van der Waals surface area contributed by atoms with Crippen LogP contribution in [-0.2, 0) is 14.3 Å². The van der Waals surface area contributed by atoms with E-state index >= 15 is 0 Å². The van der Waals surface area contributed by atoms with Gasteiger partial charge in [0.25, 0.3) is 0 Å². The van der Waals surface area contributed by atoms with Gasteiger partial charge in [-0.2, -0.15) is 0 Å². The predicted octanol–water partition coefficient (Wildman–Crippen LogP) is 3.61. The first kappa shape index (κ1) is 17.9. The minimum atomic E-state index is -0.581. The first-order chi connectivity index (χ1) is 12.8. The molecular weight excluding hydrogens is 349 g/mol. The summed E-state index contributed by atoms with van der Waals surface area (Å²) in [5.41, 5.74) is 1.43. The number of ether oxygens (including phenoxy) is 2. The third-order valence-electron chi connectivity index (χ3n) is 6.44. The summed E-state index contributed by atoms with van der Waals surface area (Å²) >= 11 is 0. The van der Waals surface area contributed by atoms with Gasteiger partial charge in [0, 0.05) is 11.5 Å². The maximum Gasteiger partial charge on any atom is 0.357 e. The van der Waals surface area contributed by atoms with Gasteiger partial charge in [-0.1, -0.05) is 20.1 Å². The molecule has 0 radical (unpaired) electrons. The Labute approximate surface area is 157 Å². The Hall–Kier alpha value is -2.50. The minimum absolute atomic E-state index is 0.000502. The highest BCUT2D eigenvalue weighted by atomic mass is 19.1. The molecule has 1 aromatic rings. The molecule has 0 aromatic carbocycles. The average Bonchev–Trinajstić information content (AvgIpc) is 2.90. The molecule has 1 aliphatic heterocycles. The SMILES string of the molecule is C=C1C(=O)O[C@@H]2C[C@@]3(C)CC[C@@H](OC(=O)c4ccc(F)cn4)C(=C)[C@@H]3C[C@H]12. The smallest absolute Gasteiger partial charge is 0.357 e. The lowest BCUT2D eigenvalue weighted by molar-refractivity contribution is -0.142. The minimum Gasteiger partial charge on any atom is -0.458 e. The van der Waals surface area contributed by atoms with Crippen LogP contribution in [0.5, 0.6) is 0 Å². The molecule has 3 fully saturated rings. The van der Waals surface area contributed by atoms with Crippen LogP contribution in [0.25, 0.3) is 0 Å². The zero-order chi connectivity index (χ0) is 19.3. The second-order valence-corrected chi connectivity index (χ2v) is 8.09. The first-order valence-electron chi connectivity index (χ1n) is 9.19. The predicted molar refractivity (Wildman–Crippen MR) is 95.1 cm³/mol. The van der Waals surface area contributed by atoms with Crippen molar-refractivity contribution in [2.24, 2.45) is 17.3 Å². The number of esters is 2. The number of aromatic nitrogens is 1. The third-order valence-corrected chi connectivity index (χ3v) is 6.44. The molecular formula is C21H22FNO4. The number of pyridine rings is 1. The molecule has 2 saturated carbocycles. The van der Waals surface area contributed by atoms with Gasteiger partial charge in [0.1, 0.15) is 23.7 Å². The molecule has 5 nitrogen and oxygen atoms in total. The van der Waals surface area contributed by atoms with E-state index in [9.17, 15) is 14.0 Å². The average molecular weight is 371 g/mol. The van der Waals surface area contributed by atoms with Crippen LogP contribution in [0.15, 0.2) is 42.6 Å². The summed E-state index contributed by atoms with van der Waals surface area (Å²) in [6.45, 7) is 10.3. The van der Waals surface area contributed by atoms with Crippen molar-refractivity contribution in [1.29, 1.82) is 0 Å². The van der Waals surface area contributed by atoms with Crippen molar-refractivity contribution in [3.05, 3.63) is 54.1 Å². The van der Waals surface area contributed by atoms with Gasteiger partial charge in [-0.25, -0.2) is 19.0 Å². The fraction of sp³-hybridized carbons (Fsp3) is 0.476. The molecule has 2 heterocycles. The number of rotatable bonds is 2. The zero-order valence-electron chi connectivity index (χ0n) is 15.2.